The van der Waals surface area contributed by atoms with Gasteiger partial charge in [0.2, 0.25) is 0 Å². The summed E-state index contributed by atoms with van der Waals surface area (Å²) in [6.07, 6.45) is -3.67. The number of hydrogen-bond donors (Lipinski definition) is 1. The molecule has 0 unspecified atom stereocenters. The van der Waals surface area contributed by atoms with Crippen LogP contribution in [0, 0.1) is 23.0 Å². The van der Waals surface area contributed by atoms with Gasteiger partial charge in [-0.25, -0.2) is 13.8 Å². The van der Waals surface area contributed by atoms with Gasteiger partial charge >= 0.3 is 6.36 Å². The maximum absolute atomic E-state index is 15.1. The van der Waals surface area contributed by atoms with Gasteiger partial charge < -0.3 is 14.8 Å². The number of methoxy groups -OCH3 is 1. The van der Waals surface area contributed by atoms with Crippen LogP contribution in [0.3, 0.4) is 0 Å². The van der Waals surface area contributed by atoms with Crippen molar-refractivity contribution in [3.05, 3.63) is 87.8 Å². The third-order valence-corrected chi connectivity index (χ3v) is 5.45. The van der Waals surface area contributed by atoms with Gasteiger partial charge in [0.05, 0.1) is 18.2 Å². The molecule has 0 saturated carbocycles. The van der Waals surface area contributed by atoms with Crippen molar-refractivity contribution in [3.8, 4) is 34.6 Å². The van der Waals surface area contributed by atoms with Crippen LogP contribution in [0.25, 0.3) is 17.1 Å². The van der Waals surface area contributed by atoms with Crippen LogP contribution in [0.1, 0.15) is 15.9 Å². The molecule has 14 heteroatoms. The Kier molecular flexibility index (Phi) is 7.09. The van der Waals surface area contributed by atoms with Crippen molar-refractivity contribution in [2.75, 3.05) is 12.4 Å². The monoisotopic (exact) mass is 545 g/mol. The molecule has 4 rings (SSSR count). The Morgan fingerprint density at radius 2 is 1.72 bits per heavy atom. The second-order valence-corrected chi connectivity index (χ2v) is 7.84. The predicted molar refractivity (Wildman–Crippen MR) is 127 cm³/mol. The quantitative estimate of drug-likeness (QED) is 0.356. The molecule has 0 aliphatic heterocycles. The fourth-order valence-corrected chi connectivity index (χ4v) is 3.78. The van der Waals surface area contributed by atoms with Crippen molar-refractivity contribution in [1.82, 2.24) is 14.3 Å². The number of alkyl halides is 3. The van der Waals surface area contributed by atoms with Crippen LogP contribution in [-0.4, -0.2) is 33.7 Å². The maximum Gasteiger partial charge on any atom is 0.573 e. The van der Waals surface area contributed by atoms with Crippen molar-refractivity contribution in [3.63, 3.8) is 0 Å². The number of aromatic nitrogens is 3. The van der Waals surface area contributed by atoms with E-state index in [-0.39, 0.29) is 22.7 Å². The van der Waals surface area contributed by atoms with E-state index in [1.165, 1.54) is 32.5 Å². The highest BCUT2D eigenvalue weighted by Crippen LogP contribution is 2.34. The van der Waals surface area contributed by atoms with E-state index >= 15 is 8.78 Å². The lowest BCUT2D eigenvalue weighted by Crippen LogP contribution is -2.24. The molecule has 0 aliphatic rings. The highest BCUT2D eigenvalue weighted by atomic mass is 19.4. The number of anilines is 1. The third kappa shape index (κ3) is 5.28. The molecular weight excluding hydrogens is 529 g/mol. The first-order valence-electron chi connectivity index (χ1n) is 10.8. The molecule has 2 aromatic heterocycles. The highest BCUT2D eigenvalue weighted by molar-refractivity contribution is 6.06. The van der Waals surface area contributed by atoms with Gasteiger partial charge in [-0.2, -0.15) is 9.94 Å². The molecule has 9 nitrogen and oxygen atoms in total. The molecule has 2 aromatic carbocycles. The zero-order chi connectivity index (χ0) is 28.5. The first-order chi connectivity index (χ1) is 18.4. The van der Waals surface area contributed by atoms with Crippen LogP contribution in [0.15, 0.2) is 59.5 Å². The number of nitrogens with one attached hydrogen (secondary N) is 1. The standard InChI is InChI=1S/C25H16F5N5O4/c1-34-21(19-17(26)10-16(38-2)11-18(19)27)20(24(37)35(34)22-14(12-31)4-3-9-32-22)33-23(36)13-5-7-15(8-6-13)39-25(28,29)30/h3-11H,1-2H3,(H,33,36). The van der Waals surface area contributed by atoms with E-state index < -0.39 is 52.2 Å². The lowest BCUT2D eigenvalue weighted by molar-refractivity contribution is -0.274. The summed E-state index contributed by atoms with van der Waals surface area (Å²) in [6.45, 7) is 0. The molecule has 0 radical (unpaired) electrons. The molecule has 0 saturated heterocycles. The molecule has 0 fully saturated rings. The normalized spacial score (nSPS) is 11.1. The molecule has 0 bridgehead atoms. The molecule has 200 valence electrons. The SMILES string of the molecule is COc1cc(F)c(-c2c(NC(=O)c3ccc(OC(F)(F)F)cc3)c(=O)n(-c3ncccc3C#N)n2C)c(F)c1. The van der Waals surface area contributed by atoms with E-state index in [1.54, 1.807) is 0 Å². The van der Waals surface area contributed by atoms with Gasteiger partial charge in [0.1, 0.15) is 40.6 Å². The minimum atomic E-state index is -4.95. The van der Waals surface area contributed by atoms with Gasteiger partial charge in [-0.15, -0.1) is 13.2 Å². The molecule has 0 spiro atoms. The van der Waals surface area contributed by atoms with E-state index in [9.17, 15) is 28.0 Å². The van der Waals surface area contributed by atoms with Crippen LogP contribution in [-0.2, 0) is 7.05 Å². The first kappa shape index (κ1) is 26.9. The number of pyridine rings is 1. The Balaban J connectivity index is 1.88. The van der Waals surface area contributed by atoms with Crippen molar-refractivity contribution >= 4 is 11.6 Å². The number of hydrogen-bond acceptors (Lipinski definition) is 6. The fraction of sp³-hybridized carbons (Fsp3) is 0.120. The lowest BCUT2D eigenvalue weighted by atomic mass is 10.1. The van der Waals surface area contributed by atoms with E-state index in [4.69, 9.17) is 4.74 Å². The van der Waals surface area contributed by atoms with Crippen LogP contribution >= 0.6 is 0 Å². The second-order valence-electron chi connectivity index (χ2n) is 7.84. The third-order valence-electron chi connectivity index (χ3n) is 5.45. The van der Waals surface area contributed by atoms with E-state index in [2.05, 4.69) is 15.0 Å². The van der Waals surface area contributed by atoms with Crippen molar-refractivity contribution in [1.29, 1.82) is 5.26 Å². The van der Waals surface area contributed by atoms with Crippen LogP contribution in [0.5, 0.6) is 11.5 Å². The van der Waals surface area contributed by atoms with E-state index in [0.717, 1.165) is 45.8 Å². The van der Waals surface area contributed by atoms with Crippen LogP contribution in [0.2, 0.25) is 0 Å². The summed E-state index contributed by atoms with van der Waals surface area (Å²) in [5, 5.41) is 11.8. The molecule has 0 aliphatic carbocycles. The Morgan fingerprint density at radius 3 is 2.28 bits per heavy atom. The van der Waals surface area contributed by atoms with Gasteiger partial charge in [0.25, 0.3) is 11.5 Å². The zero-order valence-corrected chi connectivity index (χ0v) is 20.0. The number of carbonyl (C=O) groups is 1. The molecule has 39 heavy (non-hydrogen) atoms. The van der Waals surface area contributed by atoms with Crippen molar-refractivity contribution in [2.24, 2.45) is 7.05 Å². The van der Waals surface area contributed by atoms with E-state index in [0.29, 0.717) is 0 Å². The van der Waals surface area contributed by atoms with Gasteiger partial charge in [-0.3, -0.25) is 14.3 Å². The molecule has 1 amide bonds. The number of nitrogens with zero attached hydrogens (tertiary/aromatic N) is 4. The Bertz CT molecular complexity index is 1650. The van der Waals surface area contributed by atoms with Crippen LogP contribution < -0.4 is 20.3 Å². The summed E-state index contributed by atoms with van der Waals surface area (Å²) in [7, 11) is 2.45. The number of benzene rings is 2. The van der Waals surface area contributed by atoms with Gasteiger partial charge in [0, 0.05) is 30.9 Å². The second kappa shape index (κ2) is 10.3. The summed E-state index contributed by atoms with van der Waals surface area (Å²) < 4.78 is 78.1. The molecular formula is C25H16F5N5O4. The molecule has 4 aromatic rings. The minimum absolute atomic E-state index is 0.0550. The smallest absolute Gasteiger partial charge is 0.497 e. The summed E-state index contributed by atoms with van der Waals surface area (Å²) in [5.74, 6) is -4.18. The fourth-order valence-electron chi connectivity index (χ4n) is 3.78. The molecule has 0 atom stereocenters. The minimum Gasteiger partial charge on any atom is -0.497 e. The predicted octanol–water partition coefficient (Wildman–Crippen LogP) is 4.55. The Morgan fingerprint density at radius 1 is 1.08 bits per heavy atom. The summed E-state index contributed by atoms with van der Waals surface area (Å²) in [5.41, 5.74) is -2.96. The van der Waals surface area contributed by atoms with Crippen LogP contribution in [0.4, 0.5) is 27.6 Å². The largest absolute Gasteiger partial charge is 0.573 e. The first-order valence-corrected chi connectivity index (χ1v) is 10.8. The number of amides is 1. The lowest BCUT2D eigenvalue weighted by Gasteiger charge is -2.13. The van der Waals surface area contributed by atoms with Crippen molar-refractivity contribution < 1.29 is 36.2 Å². The summed E-state index contributed by atoms with van der Waals surface area (Å²) in [4.78, 5) is 30.6. The summed E-state index contributed by atoms with van der Waals surface area (Å²) >= 11 is 0. The number of halogens is 5. The van der Waals surface area contributed by atoms with Gasteiger partial charge in [-0.1, -0.05) is 0 Å². The number of rotatable bonds is 6. The Labute approximate surface area is 216 Å². The average molecular weight is 545 g/mol. The topological polar surface area (TPSA) is 111 Å². The number of carbonyl (C=O) groups excluding carboxylic acids is 1. The molecule has 2 heterocycles. The van der Waals surface area contributed by atoms with Crippen molar-refractivity contribution in [2.45, 2.75) is 6.36 Å². The average Bonchev–Trinajstić information content (AvgIpc) is 3.11. The maximum atomic E-state index is 15.1. The number of nitriles is 1. The molecule has 1 N–H and O–H groups in total. The van der Waals surface area contributed by atoms with Gasteiger partial charge in [0.15, 0.2) is 5.82 Å². The highest BCUT2D eigenvalue weighted by Gasteiger charge is 2.31. The Hall–Kier alpha value is -5.19. The number of ether oxygens (including phenoxy) is 2. The zero-order valence-electron chi connectivity index (χ0n) is 20.0. The van der Waals surface area contributed by atoms with Gasteiger partial charge in [-0.05, 0) is 36.4 Å². The van der Waals surface area contributed by atoms with E-state index in [1.807, 2.05) is 6.07 Å². The summed E-state index contributed by atoms with van der Waals surface area (Å²) in [6, 6.07) is 10.2.